The van der Waals surface area contributed by atoms with Gasteiger partial charge >= 0.3 is 0 Å². The monoisotopic (exact) mass is 299 g/mol. The molecule has 0 aromatic rings. The van der Waals surface area contributed by atoms with Crippen LogP contribution >= 0.6 is 12.4 Å². The van der Waals surface area contributed by atoms with Gasteiger partial charge in [0.2, 0.25) is 15.9 Å². The van der Waals surface area contributed by atoms with Crippen LogP contribution in [0.3, 0.4) is 0 Å². The first-order chi connectivity index (χ1) is 7.81. The van der Waals surface area contributed by atoms with Gasteiger partial charge in [-0.1, -0.05) is 0 Å². The van der Waals surface area contributed by atoms with Crippen molar-refractivity contribution in [2.45, 2.75) is 38.3 Å². The molecule has 8 heteroatoms. The third-order valence-electron chi connectivity index (χ3n) is 2.88. The van der Waals surface area contributed by atoms with Crippen LogP contribution in [0.4, 0.5) is 0 Å². The van der Waals surface area contributed by atoms with E-state index in [9.17, 15) is 13.2 Å². The molecule has 1 aliphatic heterocycles. The van der Waals surface area contributed by atoms with Crippen molar-refractivity contribution in [1.82, 2.24) is 9.62 Å². The van der Waals surface area contributed by atoms with Crippen LogP contribution in [0.2, 0.25) is 0 Å². The molecule has 0 spiro atoms. The van der Waals surface area contributed by atoms with Gasteiger partial charge in [-0.2, -0.15) is 0 Å². The average Bonchev–Trinajstić information content (AvgIpc) is 2.24. The van der Waals surface area contributed by atoms with Crippen molar-refractivity contribution >= 4 is 28.3 Å². The quantitative estimate of drug-likeness (QED) is 0.744. The van der Waals surface area contributed by atoms with E-state index in [1.807, 2.05) is 0 Å². The number of hydrogen-bond donors (Lipinski definition) is 2. The molecule has 1 rings (SSSR count). The van der Waals surface area contributed by atoms with Crippen molar-refractivity contribution in [3.8, 4) is 0 Å². The van der Waals surface area contributed by atoms with E-state index in [-0.39, 0.29) is 30.9 Å². The Hall–Kier alpha value is -0.370. The molecular formula is C10H22ClN3O3S. The van der Waals surface area contributed by atoms with Crippen molar-refractivity contribution < 1.29 is 13.2 Å². The number of likely N-dealkylation sites (tertiary alicyclic amines) is 1. The molecule has 2 atom stereocenters. The first kappa shape index (κ1) is 17.6. The van der Waals surface area contributed by atoms with Gasteiger partial charge in [-0.05, 0) is 26.2 Å². The van der Waals surface area contributed by atoms with Crippen molar-refractivity contribution in [1.29, 1.82) is 0 Å². The maximum absolute atomic E-state index is 11.9. The highest BCUT2D eigenvalue weighted by atomic mass is 35.5. The second-order valence-corrected chi connectivity index (χ2v) is 6.42. The van der Waals surface area contributed by atoms with Gasteiger partial charge in [-0.15, -0.1) is 12.4 Å². The number of piperidine rings is 1. The molecule has 108 valence electrons. The van der Waals surface area contributed by atoms with Crippen molar-refractivity contribution in [2.75, 3.05) is 19.3 Å². The number of nitrogens with one attached hydrogen (secondary N) is 1. The lowest BCUT2D eigenvalue weighted by atomic mass is 10.0. The number of nitrogens with two attached hydrogens (primary N) is 1. The third-order valence-corrected chi connectivity index (χ3v) is 3.57. The van der Waals surface area contributed by atoms with E-state index in [0.29, 0.717) is 6.54 Å². The number of carbonyl (C=O) groups is 1. The molecule has 0 aromatic carbocycles. The molecule has 3 N–H and O–H groups in total. The first-order valence-electron chi connectivity index (χ1n) is 5.82. The Morgan fingerprint density at radius 2 is 2.11 bits per heavy atom. The summed E-state index contributed by atoms with van der Waals surface area (Å²) in [5, 5.41) is 0. The molecule has 0 aromatic heterocycles. The Morgan fingerprint density at radius 1 is 1.50 bits per heavy atom. The van der Waals surface area contributed by atoms with Gasteiger partial charge in [0.25, 0.3) is 0 Å². The molecule has 1 heterocycles. The van der Waals surface area contributed by atoms with Gasteiger partial charge in [0.1, 0.15) is 0 Å². The van der Waals surface area contributed by atoms with Crippen LogP contribution in [0.15, 0.2) is 0 Å². The molecule has 1 saturated heterocycles. The van der Waals surface area contributed by atoms with E-state index in [4.69, 9.17) is 5.73 Å². The molecule has 1 aliphatic rings. The average molecular weight is 300 g/mol. The van der Waals surface area contributed by atoms with Gasteiger partial charge in [-0.25, -0.2) is 13.1 Å². The normalized spacial score (nSPS) is 22.2. The van der Waals surface area contributed by atoms with Gasteiger partial charge in [0, 0.05) is 19.1 Å². The molecule has 0 bridgehead atoms. The van der Waals surface area contributed by atoms with Crippen molar-refractivity contribution in [3.05, 3.63) is 0 Å². The summed E-state index contributed by atoms with van der Waals surface area (Å²) in [6, 6.07) is -0.606. The molecule has 0 radical (unpaired) electrons. The standard InChI is InChI=1S/C10H21N3O3S.ClH/c1-8(11)10(14)13-6-4-3-5-9(13)7-12-17(2,15)16;/h8-9,12H,3-7,11H2,1-2H3;1H. The Kier molecular flexibility index (Phi) is 7.13. The van der Waals surface area contributed by atoms with Crippen molar-refractivity contribution in [3.63, 3.8) is 0 Å². The van der Waals surface area contributed by atoms with Crippen LogP contribution in [-0.4, -0.2) is 50.7 Å². The van der Waals surface area contributed by atoms with Crippen LogP contribution in [0.1, 0.15) is 26.2 Å². The zero-order chi connectivity index (χ0) is 13.1. The molecule has 0 aliphatic carbocycles. The number of nitrogens with zero attached hydrogens (tertiary/aromatic N) is 1. The topological polar surface area (TPSA) is 92.5 Å². The smallest absolute Gasteiger partial charge is 0.239 e. The molecule has 2 unspecified atom stereocenters. The molecule has 0 saturated carbocycles. The minimum absolute atomic E-state index is 0. The maximum Gasteiger partial charge on any atom is 0.239 e. The molecule has 6 nitrogen and oxygen atoms in total. The molecular weight excluding hydrogens is 278 g/mol. The van der Waals surface area contributed by atoms with Crippen LogP contribution in [0.5, 0.6) is 0 Å². The highest BCUT2D eigenvalue weighted by Crippen LogP contribution is 2.17. The highest BCUT2D eigenvalue weighted by Gasteiger charge is 2.28. The zero-order valence-corrected chi connectivity index (χ0v) is 12.4. The summed E-state index contributed by atoms with van der Waals surface area (Å²) in [6.45, 7) is 2.59. The lowest BCUT2D eigenvalue weighted by Gasteiger charge is -2.36. The summed E-state index contributed by atoms with van der Waals surface area (Å²) < 4.78 is 24.5. The summed E-state index contributed by atoms with van der Waals surface area (Å²) in [7, 11) is -3.21. The van der Waals surface area contributed by atoms with Crippen LogP contribution in [0.25, 0.3) is 0 Å². The largest absolute Gasteiger partial charge is 0.337 e. The van der Waals surface area contributed by atoms with E-state index in [0.717, 1.165) is 25.5 Å². The van der Waals surface area contributed by atoms with Gasteiger partial charge in [0.15, 0.2) is 0 Å². The number of rotatable bonds is 4. The second kappa shape index (κ2) is 7.28. The Labute approximate surface area is 115 Å². The third kappa shape index (κ3) is 5.51. The van der Waals surface area contributed by atoms with E-state index >= 15 is 0 Å². The predicted molar refractivity (Wildman–Crippen MR) is 73.1 cm³/mol. The first-order valence-corrected chi connectivity index (χ1v) is 7.71. The Balaban J connectivity index is 0.00000289. The Morgan fingerprint density at radius 3 is 2.61 bits per heavy atom. The van der Waals surface area contributed by atoms with E-state index in [2.05, 4.69) is 4.72 Å². The van der Waals surface area contributed by atoms with Crippen molar-refractivity contribution in [2.24, 2.45) is 5.73 Å². The van der Waals surface area contributed by atoms with Crippen LogP contribution in [-0.2, 0) is 14.8 Å². The summed E-state index contributed by atoms with van der Waals surface area (Å²) in [6.07, 6.45) is 3.90. The lowest BCUT2D eigenvalue weighted by Crippen LogP contribution is -2.53. The number of amides is 1. The fourth-order valence-corrected chi connectivity index (χ4v) is 2.51. The van der Waals surface area contributed by atoms with E-state index in [1.165, 1.54) is 0 Å². The zero-order valence-electron chi connectivity index (χ0n) is 10.8. The molecule has 1 amide bonds. The Bertz CT molecular complexity index is 373. The fraction of sp³-hybridized carbons (Fsp3) is 0.900. The minimum Gasteiger partial charge on any atom is -0.337 e. The van der Waals surface area contributed by atoms with Crippen LogP contribution in [0, 0.1) is 0 Å². The lowest BCUT2D eigenvalue weighted by molar-refractivity contribution is -0.135. The fourth-order valence-electron chi connectivity index (χ4n) is 2.01. The SMILES string of the molecule is CC(N)C(=O)N1CCCCC1CNS(C)(=O)=O.Cl. The number of sulfonamides is 1. The predicted octanol–water partition coefficient (Wildman–Crippen LogP) is -0.314. The summed E-state index contributed by atoms with van der Waals surface area (Å²) >= 11 is 0. The minimum atomic E-state index is -3.21. The summed E-state index contributed by atoms with van der Waals surface area (Å²) in [5.74, 6) is -0.106. The maximum atomic E-state index is 11.9. The van der Waals surface area contributed by atoms with E-state index in [1.54, 1.807) is 11.8 Å². The summed E-state index contributed by atoms with van der Waals surface area (Å²) in [5.41, 5.74) is 5.58. The van der Waals surface area contributed by atoms with Gasteiger partial charge in [-0.3, -0.25) is 4.79 Å². The second-order valence-electron chi connectivity index (χ2n) is 4.59. The number of hydrogen-bond acceptors (Lipinski definition) is 4. The number of halogens is 1. The van der Waals surface area contributed by atoms with E-state index < -0.39 is 16.1 Å². The number of carbonyl (C=O) groups excluding carboxylic acids is 1. The van der Waals surface area contributed by atoms with Crippen LogP contribution < -0.4 is 10.5 Å². The van der Waals surface area contributed by atoms with Gasteiger partial charge < -0.3 is 10.6 Å². The van der Waals surface area contributed by atoms with Gasteiger partial charge in [0.05, 0.1) is 12.3 Å². The highest BCUT2D eigenvalue weighted by molar-refractivity contribution is 7.88. The molecule has 1 fully saturated rings. The molecule has 18 heavy (non-hydrogen) atoms. The summed E-state index contributed by atoms with van der Waals surface area (Å²) in [4.78, 5) is 13.6.